The largest absolute Gasteiger partial charge is 0.497 e. The summed E-state index contributed by atoms with van der Waals surface area (Å²) in [6.45, 7) is 8.38. The molecular weight excluding hydrogens is 490 g/mol. The number of hydrogen-bond donors (Lipinski definition) is 2. The van der Waals surface area contributed by atoms with Gasteiger partial charge in [-0.2, -0.15) is 5.10 Å². The zero-order chi connectivity index (χ0) is 27.9. The number of benzene rings is 3. The van der Waals surface area contributed by atoms with Gasteiger partial charge in [0.1, 0.15) is 18.1 Å². The first-order valence-electron chi connectivity index (χ1n) is 13.0. The fourth-order valence-corrected chi connectivity index (χ4v) is 4.34. The minimum Gasteiger partial charge on any atom is -0.497 e. The molecule has 0 unspecified atom stereocenters. The molecule has 0 aliphatic carbocycles. The molecule has 1 aromatic heterocycles. The van der Waals surface area contributed by atoms with Gasteiger partial charge in [0.05, 0.1) is 18.5 Å². The SMILES string of the molecule is COc1ccc(NC(=O)N(CC(=O)Nc2cc(-c3ccccc3)nn2-c2ccc(C)cc2C)CC(C)C)cc1. The number of ether oxygens (including phenoxy) is 1. The average Bonchev–Trinajstić information content (AvgIpc) is 3.32. The van der Waals surface area contributed by atoms with Gasteiger partial charge in [0.15, 0.2) is 0 Å². The molecule has 0 aliphatic heterocycles. The number of methoxy groups -OCH3 is 1. The van der Waals surface area contributed by atoms with Crippen molar-refractivity contribution in [2.24, 2.45) is 5.92 Å². The molecule has 1 heterocycles. The number of amides is 3. The summed E-state index contributed by atoms with van der Waals surface area (Å²) in [6.07, 6.45) is 0. The Morgan fingerprint density at radius 1 is 0.949 bits per heavy atom. The fourth-order valence-electron chi connectivity index (χ4n) is 4.34. The number of rotatable bonds is 9. The number of aryl methyl sites for hydroxylation is 2. The molecule has 2 N–H and O–H groups in total. The first-order valence-corrected chi connectivity index (χ1v) is 13.0. The lowest BCUT2D eigenvalue weighted by atomic mass is 10.1. The number of aromatic nitrogens is 2. The minimum atomic E-state index is -0.350. The number of nitrogens with zero attached hydrogens (tertiary/aromatic N) is 3. The summed E-state index contributed by atoms with van der Waals surface area (Å²) in [7, 11) is 1.59. The van der Waals surface area contributed by atoms with Gasteiger partial charge in [-0.3, -0.25) is 4.79 Å². The van der Waals surface area contributed by atoms with E-state index in [1.165, 1.54) is 4.90 Å². The third kappa shape index (κ3) is 7.04. The zero-order valence-corrected chi connectivity index (χ0v) is 23.1. The zero-order valence-electron chi connectivity index (χ0n) is 23.1. The molecular formula is C31H35N5O3. The standard InChI is InChI=1S/C31H35N5O3/c1-21(2)19-35(31(38)32-25-12-14-26(39-5)15-13-25)20-30(37)33-29-18-27(24-9-7-6-8-10-24)34-36(29)28-16-11-22(3)17-23(28)4/h6-18,21H,19-20H2,1-5H3,(H,32,38)(H,33,37). The second-order valence-corrected chi connectivity index (χ2v) is 9.96. The second-order valence-electron chi connectivity index (χ2n) is 9.96. The van der Waals surface area contributed by atoms with Gasteiger partial charge in [-0.25, -0.2) is 9.48 Å². The fraction of sp³-hybridized carbons (Fsp3) is 0.258. The molecule has 0 bridgehead atoms. The third-order valence-electron chi connectivity index (χ3n) is 6.18. The van der Waals surface area contributed by atoms with E-state index in [2.05, 4.69) is 16.7 Å². The molecule has 3 aromatic carbocycles. The topological polar surface area (TPSA) is 88.5 Å². The molecule has 0 spiro atoms. The summed E-state index contributed by atoms with van der Waals surface area (Å²) >= 11 is 0. The van der Waals surface area contributed by atoms with Gasteiger partial charge in [-0.05, 0) is 55.7 Å². The first kappa shape index (κ1) is 27.4. The summed E-state index contributed by atoms with van der Waals surface area (Å²) in [5.41, 5.74) is 5.35. The van der Waals surface area contributed by atoms with E-state index >= 15 is 0 Å². The van der Waals surface area contributed by atoms with Crippen molar-refractivity contribution in [3.63, 3.8) is 0 Å². The molecule has 0 aliphatic rings. The maximum atomic E-state index is 13.3. The molecule has 4 aromatic rings. The van der Waals surface area contributed by atoms with Crippen molar-refractivity contribution in [1.29, 1.82) is 0 Å². The maximum absolute atomic E-state index is 13.3. The molecule has 8 heteroatoms. The Bertz CT molecular complexity index is 1430. The molecule has 0 saturated heterocycles. The molecule has 8 nitrogen and oxygen atoms in total. The van der Waals surface area contributed by atoms with Gasteiger partial charge in [0.25, 0.3) is 0 Å². The molecule has 0 saturated carbocycles. The van der Waals surface area contributed by atoms with Gasteiger partial charge >= 0.3 is 6.03 Å². The molecule has 202 valence electrons. The predicted molar refractivity (Wildman–Crippen MR) is 156 cm³/mol. The van der Waals surface area contributed by atoms with Crippen LogP contribution in [0.25, 0.3) is 16.9 Å². The summed E-state index contributed by atoms with van der Waals surface area (Å²) in [6, 6.07) is 24.5. The van der Waals surface area contributed by atoms with Crippen molar-refractivity contribution in [2.75, 3.05) is 30.8 Å². The van der Waals surface area contributed by atoms with Crippen molar-refractivity contribution < 1.29 is 14.3 Å². The lowest BCUT2D eigenvalue weighted by Gasteiger charge is -2.24. The van der Waals surface area contributed by atoms with Gasteiger partial charge in [0, 0.05) is 23.9 Å². The Hall–Kier alpha value is -4.59. The number of nitrogens with one attached hydrogen (secondary N) is 2. The van der Waals surface area contributed by atoms with E-state index in [-0.39, 0.29) is 24.4 Å². The van der Waals surface area contributed by atoms with Crippen molar-refractivity contribution >= 4 is 23.4 Å². The van der Waals surface area contributed by atoms with Gasteiger partial charge in [-0.1, -0.05) is 61.9 Å². The lowest BCUT2D eigenvalue weighted by Crippen LogP contribution is -2.42. The van der Waals surface area contributed by atoms with Crippen LogP contribution in [0.15, 0.2) is 78.9 Å². The van der Waals surface area contributed by atoms with Gasteiger partial charge in [0.2, 0.25) is 5.91 Å². The van der Waals surface area contributed by atoms with E-state index in [1.807, 2.05) is 76.2 Å². The van der Waals surface area contributed by atoms with Crippen LogP contribution < -0.4 is 15.4 Å². The lowest BCUT2D eigenvalue weighted by molar-refractivity contribution is -0.116. The molecule has 4 rings (SSSR count). The Morgan fingerprint density at radius 2 is 1.67 bits per heavy atom. The van der Waals surface area contributed by atoms with Crippen LogP contribution in [0.3, 0.4) is 0 Å². The quantitative estimate of drug-likeness (QED) is 0.269. The molecule has 39 heavy (non-hydrogen) atoms. The second kappa shape index (κ2) is 12.3. The van der Waals surface area contributed by atoms with E-state index < -0.39 is 0 Å². The number of carbonyl (C=O) groups is 2. The number of hydrogen-bond acceptors (Lipinski definition) is 4. The average molecular weight is 526 g/mol. The Balaban J connectivity index is 1.57. The smallest absolute Gasteiger partial charge is 0.322 e. The van der Waals surface area contributed by atoms with E-state index in [4.69, 9.17) is 9.84 Å². The number of anilines is 2. The highest BCUT2D eigenvalue weighted by Crippen LogP contribution is 2.27. The monoisotopic (exact) mass is 525 g/mol. The summed E-state index contributed by atoms with van der Waals surface area (Å²) in [5.74, 6) is 1.09. The molecule has 0 radical (unpaired) electrons. The minimum absolute atomic E-state index is 0.112. The summed E-state index contributed by atoms with van der Waals surface area (Å²) in [5, 5.41) is 10.7. The van der Waals surface area contributed by atoms with Crippen LogP contribution in [0.4, 0.5) is 16.3 Å². The summed E-state index contributed by atoms with van der Waals surface area (Å²) < 4.78 is 6.93. The van der Waals surface area contributed by atoms with E-state index in [0.717, 1.165) is 28.1 Å². The third-order valence-corrected chi connectivity index (χ3v) is 6.18. The normalized spacial score (nSPS) is 10.8. The number of urea groups is 1. The van der Waals surface area contributed by atoms with Gasteiger partial charge < -0.3 is 20.3 Å². The van der Waals surface area contributed by atoms with Gasteiger partial charge in [-0.15, -0.1) is 0 Å². The highest BCUT2D eigenvalue weighted by molar-refractivity contribution is 5.97. The van der Waals surface area contributed by atoms with E-state index in [0.29, 0.717) is 23.8 Å². The maximum Gasteiger partial charge on any atom is 0.322 e. The highest BCUT2D eigenvalue weighted by atomic mass is 16.5. The van der Waals surface area contributed by atoms with Crippen LogP contribution in [0.1, 0.15) is 25.0 Å². The van der Waals surface area contributed by atoms with Crippen molar-refractivity contribution in [3.8, 4) is 22.7 Å². The van der Waals surface area contributed by atoms with Crippen LogP contribution in [-0.4, -0.2) is 46.8 Å². The first-order chi connectivity index (χ1) is 18.7. The van der Waals surface area contributed by atoms with Crippen LogP contribution in [0, 0.1) is 19.8 Å². The van der Waals surface area contributed by atoms with Crippen LogP contribution in [0.2, 0.25) is 0 Å². The van der Waals surface area contributed by atoms with Crippen molar-refractivity contribution in [1.82, 2.24) is 14.7 Å². The summed E-state index contributed by atoms with van der Waals surface area (Å²) in [4.78, 5) is 28.0. The Labute approximate surface area is 229 Å². The number of carbonyl (C=O) groups excluding carboxylic acids is 2. The highest BCUT2D eigenvalue weighted by Gasteiger charge is 2.21. The van der Waals surface area contributed by atoms with Crippen LogP contribution in [-0.2, 0) is 4.79 Å². The molecule has 0 atom stereocenters. The molecule has 0 fully saturated rings. The Morgan fingerprint density at radius 3 is 2.31 bits per heavy atom. The van der Waals surface area contributed by atoms with Crippen LogP contribution >= 0.6 is 0 Å². The van der Waals surface area contributed by atoms with Crippen LogP contribution in [0.5, 0.6) is 5.75 Å². The predicted octanol–water partition coefficient (Wildman–Crippen LogP) is 6.29. The van der Waals surface area contributed by atoms with Crippen molar-refractivity contribution in [3.05, 3.63) is 90.0 Å². The Kier molecular flexibility index (Phi) is 8.66. The van der Waals surface area contributed by atoms with Crippen molar-refractivity contribution in [2.45, 2.75) is 27.7 Å². The molecule has 3 amide bonds. The van der Waals surface area contributed by atoms with E-state index in [1.54, 1.807) is 36.1 Å². The van der Waals surface area contributed by atoms with E-state index in [9.17, 15) is 9.59 Å².